The van der Waals surface area contributed by atoms with Crippen molar-refractivity contribution in [2.24, 2.45) is 5.73 Å². The van der Waals surface area contributed by atoms with Crippen LogP contribution in [0, 0.1) is 6.92 Å². The fourth-order valence-corrected chi connectivity index (χ4v) is 2.20. The Morgan fingerprint density at radius 3 is 2.52 bits per heavy atom. The molecule has 2 amide bonds. The number of carbonyl (C=O) groups is 2. The van der Waals surface area contributed by atoms with Crippen LogP contribution in [-0.4, -0.2) is 24.9 Å². The van der Waals surface area contributed by atoms with Crippen LogP contribution in [0.25, 0.3) is 0 Å². The van der Waals surface area contributed by atoms with Crippen LogP contribution in [0.4, 0.5) is 5.69 Å². The molecule has 2 aromatic carbocycles. The van der Waals surface area contributed by atoms with E-state index in [1.165, 1.54) is 0 Å². The topological polar surface area (TPSA) is 84.2 Å². The number of amides is 2. The molecule has 0 fully saturated rings. The van der Waals surface area contributed by atoms with Crippen LogP contribution in [-0.2, 0) is 0 Å². The number of halogens is 1. The maximum absolute atomic E-state index is 12.3. The standard InChI is InChI=1S/C17H18ClN3O2/c1-11-5-6-13(16(22)20-8-7-19)10-15(11)21-17(23)12-3-2-4-14(18)9-12/h2-6,9-10H,7-8,19H2,1H3,(H,20,22)(H,21,23). The van der Waals surface area contributed by atoms with Gasteiger partial charge in [0.15, 0.2) is 0 Å². The first-order chi connectivity index (χ1) is 11.0. The summed E-state index contributed by atoms with van der Waals surface area (Å²) < 4.78 is 0. The first kappa shape index (κ1) is 17.0. The van der Waals surface area contributed by atoms with Gasteiger partial charge in [0, 0.05) is 34.9 Å². The molecule has 0 unspecified atom stereocenters. The number of nitrogens with one attached hydrogen (secondary N) is 2. The number of hydrogen-bond donors (Lipinski definition) is 3. The Balaban J connectivity index is 2.19. The highest BCUT2D eigenvalue weighted by Crippen LogP contribution is 2.19. The van der Waals surface area contributed by atoms with Gasteiger partial charge in [-0.1, -0.05) is 23.7 Å². The smallest absolute Gasteiger partial charge is 0.255 e. The van der Waals surface area contributed by atoms with Gasteiger partial charge in [-0.2, -0.15) is 0 Å². The second-order valence-electron chi connectivity index (χ2n) is 5.04. The van der Waals surface area contributed by atoms with Crippen LogP contribution >= 0.6 is 11.6 Å². The number of nitrogens with two attached hydrogens (primary N) is 1. The maximum Gasteiger partial charge on any atom is 0.255 e. The number of hydrogen-bond acceptors (Lipinski definition) is 3. The summed E-state index contributed by atoms with van der Waals surface area (Å²) in [6.07, 6.45) is 0. The van der Waals surface area contributed by atoms with Crippen molar-refractivity contribution in [1.29, 1.82) is 0 Å². The second kappa shape index (κ2) is 7.76. The third kappa shape index (κ3) is 4.55. The Morgan fingerprint density at radius 1 is 1.09 bits per heavy atom. The van der Waals surface area contributed by atoms with E-state index in [1.807, 2.05) is 6.92 Å². The van der Waals surface area contributed by atoms with Gasteiger partial charge >= 0.3 is 0 Å². The van der Waals surface area contributed by atoms with Gasteiger partial charge in [0.25, 0.3) is 11.8 Å². The Bertz CT molecular complexity index is 732. The number of benzene rings is 2. The van der Waals surface area contributed by atoms with Crippen molar-refractivity contribution in [1.82, 2.24) is 5.32 Å². The zero-order valence-corrected chi connectivity index (χ0v) is 13.5. The third-order valence-electron chi connectivity index (χ3n) is 3.26. The van der Waals surface area contributed by atoms with Crippen LogP contribution in [0.1, 0.15) is 26.3 Å². The van der Waals surface area contributed by atoms with E-state index < -0.39 is 0 Å². The highest BCUT2D eigenvalue weighted by Gasteiger charge is 2.11. The van der Waals surface area contributed by atoms with E-state index in [2.05, 4.69) is 10.6 Å². The summed E-state index contributed by atoms with van der Waals surface area (Å²) in [5.41, 5.74) is 7.72. The minimum Gasteiger partial charge on any atom is -0.351 e. The minimum atomic E-state index is -0.282. The summed E-state index contributed by atoms with van der Waals surface area (Å²) in [5.74, 6) is -0.510. The second-order valence-corrected chi connectivity index (χ2v) is 5.48. The van der Waals surface area contributed by atoms with Crippen LogP contribution in [0.2, 0.25) is 5.02 Å². The highest BCUT2D eigenvalue weighted by molar-refractivity contribution is 6.31. The Labute approximate surface area is 139 Å². The molecule has 5 nitrogen and oxygen atoms in total. The van der Waals surface area contributed by atoms with E-state index in [1.54, 1.807) is 42.5 Å². The molecule has 0 saturated carbocycles. The van der Waals surface area contributed by atoms with Crippen molar-refractivity contribution in [3.63, 3.8) is 0 Å². The van der Waals surface area contributed by atoms with Gasteiger partial charge in [-0.15, -0.1) is 0 Å². The minimum absolute atomic E-state index is 0.228. The van der Waals surface area contributed by atoms with Crippen molar-refractivity contribution < 1.29 is 9.59 Å². The molecule has 0 aliphatic carbocycles. The summed E-state index contributed by atoms with van der Waals surface area (Å²) in [7, 11) is 0. The number of anilines is 1. The maximum atomic E-state index is 12.3. The van der Waals surface area contributed by atoms with E-state index >= 15 is 0 Å². The van der Waals surface area contributed by atoms with E-state index in [0.29, 0.717) is 34.9 Å². The molecule has 0 aliphatic rings. The van der Waals surface area contributed by atoms with Gasteiger partial charge in [0.2, 0.25) is 0 Å². The molecule has 0 spiro atoms. The summed E-state index contributed by atoms with van der Waals surface area (Å²) in [5, 5.41) is 5.99. The SMILES string of the molecule is Cc1ccc(C(=O)NCCN)cc1NC(=O)c1cccc(Cl)c1. The van der Waals surface area contributed by atoms with Gasteiger partial charge in [-0.3, -0.25) is 9.59 Å². The third-order valence-corrected chi connectivity index (χ3v) is 3.50. The van der Waals surface area contributed by atoms with Crippen molar-refractivity contribution in [3.8, 4) is 0 Å². The number of aryl methyl sites for hydroxylation is 1. The molecular weight excluding hydrogens is 314 g/mol. The summed E-state index contributed by atoms with van der Waals surface area (Å²) >= 11 is 5.90. The predicted molar refractivity (Wildman–Crippen MR) is 92.0 cm³/mol. The molecule has 4 N–H and O–H groups in total. The predicted octanol–water partition coefficient (Wildman–Crippen LogP) is 2.59. The first-order valence-electron chi connectivity index (χ1n) is 7.17. The Hall–Kier alpha value is -2.37. The molecule has 23 heavy (non-hydrogen) atoms. The molecule has 0 aromatic heterocycles. The lowest BCUT2D eigenvalue weighted by molar-refractivity contribution is 0.0953. The first-order valence-corrected chi connectivity index (χ1v) is 7.55. The van der Waals surface area contributed by atoms with E-state index in [4.69, 9.17) is 17.3 Å². The van der Waals surface area contributed by atoms with Crippen molar-refractivity contribution in [2.75, 3.05) is 18.4 Å². The molecule has 0 heterocycles. The normalized spacial score (nSPS) is 10.2. The van der Waals surface area contributed by atoms with Crippen LogP contribution < -0.4 is 16.4 Å². The lowest BCUT2D eigenvalue weighted by atomic mass is 10.1. The molecule has 0 aliphatic heterocycles. The fraction of sp³-hybridized carbons (Fsp3) is 0.176. The van der Waals surface area contributed by atoms with Crippen molar-refractivity contribution in [2.45, 2.75) is 6.92 Å². The average molecular weight is 332 g/mol. The van der Waals surface area contributed by atoms with Crippen LogP contribution in [0.5, 0.6) is 0 Å². The van der Waals surface area contributed by atoms with E-state index in [-0.39, 0.29) is 11.8 Å². The largest absolute Gasteiger partial charge is 0.351 e. The average Bonchev–Trinajstić information content (AvgIpc) is 2.54. The molecule has 120 valence electrons. The van der Waals surface area contributed by atoms with Crippen molar-refractivity contribution >= 4 is 29.1 Å². The fourth-order valence-electron chi connectivity index (χ4n) is 2.01. The van der Waals surface area contributed by atoms with E-state index in [0.717, 1.165) is 5.56 Å². The van der Waals surface area contributed by atoms with Crippen molar-refractivity contribution in [3.05, 3.63) is 64.2 Å². The molecule has 0 saturated heterocycles. The molecular formula is C17H18ClN3O2. The van der Waals surface area contributed by atoms with Gasteiger partial charge in [-0.25, -0.2) is 0 Å². The number of rotatable bonds is 5. The summed E-state index contributed by atoms with van der Waals surface area (Å²) in [6, 6.07) is 11.8. The van der Waals surface area contributed by atoms with Crippen LogP contribution in [0.3, 0.4) is 0 Å². The van der Waals surface area contributed by atoms with Gasteiger partial charge < -0.3 is 16.4 Å². The summed E-state index contributed by atoms with van der Waals surface area (Å²) in [4.78, 5) is 24.3. The molecule has 0 bridgehead atoms. The van der Waals surface area contributed by atoms with E-state index in [9.17, 15) is 9.59 Å². The Morgan fingerprint density at radius 2 is 1.83 bits per heavy atom. The number of carbonyl (C=O) groups excluding carboxylic acids is 2. The monoisotopic (exact) mass is 331 g/mol. The quantitative estimate of drug-likeness (QED) is 0.787. The zero-order chi connectivity index (χ0) is 16.8. The lowest BCUT2D eigenvalue weighted by Gasteiger charge is -2.11. The van der Waals surface area contributed by atoms with Crippen LogP contribution in [0.15, 0.2) is 42.5 Å². The van der Waals surface area contributed by atoms with Gasteiger partial charge in [0.05, 0.1) is 0 Å². The van der Waals surface area contributed by atoms with Gasteiger partial charge in [0.1, 0.15) is 0 Å². The van der Waals surface area contributed by atoms with Gasteiger partial charge in [-0.05, 0) is 42.8 Å². The molecule has 2 aromatic rings. The summed E-state index contributed by atoms with van der Waals surface area (Å²) in [6.45, 7) is 2.63. The molecule has 2 rings (SSSR count). The molecule has 6 heteroatoms. The Kier molecular flexibility index (Phi) is 5.73. The molecule has 0 radical (unpaired) electrons. The highest BCUT2D eigenvalue weighted by atomic mass is 35.5. The zero-order valence-electron chi connectivity index (χ0n) is 12.7. The molecule has 0 atom stereocenters. The lowest BCUT2D eigenvalue weighted by Crippen LogP contribution is -2.29.